The SMILES string of the molecule is COc1cccc(CC(O)CC2=CCCCC2)c1. The number of benzene rings is 1. The molecule has 0 bridgehead atoms. The van der Waals surface area contributed by atoms with Gasteiger partial charge in [-0.3, -0.25) is 0 Å². The summed E-state index contributed by atoms with van der Waals surface area (Å²) >= 11 is 0. The summed E-state index contributed by atoms with van der Waals surface area (Å²) in [6, 6.07) is 7.94. The van der Waals surface area contributed by atoms with Crippen LogP contribution in [0.4, 0.5) is 0 Å². The summed E-state index contributed by atoms with van der Waals surface area (Å²) in [5.74, 6) is 0.858. The van der Waals surface area contributed by atoms with E-state index >= 15 is 0 Å². The molecule has 0 spiro atoms. The highest BCUT2D eigenvalue weighted by atomic mass is 16.5. The molecule has 18 heavy (non-hydrogen) atoms. The smallest absolute Gasteiger partial charge is 0.119 e. The normalized spacial score (nSPS) is 17.1. The van der Waals surface area contributed by atoms with Gasteiger partial charge in [0.15, 0.2) is 0 Å². The molecule has 1 atom stereocenters. The maximum absolute atomic E-state index is 10.1. The Morgan fingerprint density at radius 3 is 2.89 bits per heavy atom. The first-order valence-electron chi connectivity index (χ1n) is 6.77. The summed E-state index contributed by atoms with van der Waals surface area (Å²) in [6.45, 7) is 0. The molecule has 1 aliphatic rings. The average Bonchev–Trinajstić information content (AvgIpc) is 2.40. The van der Waals surface area contributed by atoms with Crippen LogP contribution in [0.3, 0.4) is 0 Å². The van der Waals surface area contributed by atoms with Crippen molar-refractivity contribution in [2.75, 3.05) is 7.11 Å². The molecular weight excluding hydrogens is 224 g/mol. The lowest BCUT2D eigenvalue weighted by atomic mass is 9.93. The van der Waals surface area contributed by atoms with Gasteiger partial charge in [-0.1, -0.05) is 23.8 Å². The van der Waals surface area contributed by atoms with E-state index in [0.29, 0.717) is 6.42 Å². The summed E-state index contributed by atoms with van der Waals surface area (Å²) in [4.78, 5) is 0. The predicted molar refractivity (Wildman–Crippen MR) is 73.9 cm³/mol. The largest absolute Gasteiger partial charge is 0.497 e. The van der Waals surface area contributed by atoms with Crippen molar-refractivity contribution >= 4 is 0 Å². The van der Waals surface area contributed by atoms with Gasteiger partial charge in [0.25, 0.3) is 0 Å². The number of hydrogen-bond acceptors (Lipinski definition) is 2. The van der Waals surface area contributed by atoms with E-state index in [2.05, 4.69) is 6.08 Å². The van der Waals surface area contributed by atoms with Crippen molar-refractivity contribution in [2.45, 2.75) is 44.6 Å². The highest BCUT2D eigenvalue weighted by Crippen LogP contribution is 2.23. The first kappa shape index (κ1) is 13.2. The van der Waals surface area contributed by atoms with Crippen molar-refractivity contribution in [1.29, 1.82) is 0 Å². The first-order chi connectivity index (χ1) is 8.78. The third-order valence-corrected chi connectivity index (χ3v) is 3.49. The second-order valence-electron chi connectivity index (χ2n) is 5.02. The van der Waals surface area contributed by atoms with E-state index in [-0.39, 0.29) is 6.10 Å². The van der Waals surface area contributed by atoms with Gasteiger partial charge in [0, 0.05) is 0 Å². The van der Waals surface area contributed by atoms with Crippen LogP contribution in [0.5, 0.6) is 5.75 Å². The average molecular weight is 246 g/mol. The minimum absolute atomic E-state index is 0.276. The molecule has 0 saturated heterocycles. The molecule has 1 N–H and O–H groups in total. The molecule has 0 amide bonds. The van der Waals surface area contributed by atoms with Gasteiger partial charge < -0.3 is 9.84 Å². The quantitative estimate of drug-likeness (QED) is 0.806. The van der Waals surface area contributed by atoms with Crippen molar-refractivity contribution in [3.8, 4) is 5.75 Å². The number of allylic oxidation sites excluding steroid dienone is 1. The number of methoxy groups -OCH3 is 1. The molecule has 0 aromatic heterocycles. The fourth-order valence-electron chi connectivity index (χ4n) is 2.54. The van der Waals surface area contributed by atoms with E-state index < -0.39 is 0 Å². The summed E-state index contributed by atoms with van der Waals surface area (Å²) < 4.78 is 5.19. The number of rotatable bonds is 5. The minimum Gasteiger partial charge on any atom is -0.497 e. The van der Waals surface area contributed by atoms with Crippen LogP contribution in [-0.2, 0) is 6.42 Å². The van der Waals surface area contributed by atoms with E-state index in [1.807, 2.05) is 24.3 Å². The third kappa shape index (κ3) is 3.88. The molecule has 1 aromatic carbocycles. The lowest BCUT2D eigenvalue weighted by Crippen LogP contribution is -2.12. The molecule has 0 fully saturated rings. The van der Waals surface area contributed by atoms with Crippen molar-refractivity contribution in [3.05, 3.63) is 41.5 Å². The second kappa shape index (κ2) is 6.60. The molecule has 2 heteroatoms. The Labute approximate surface area is 109 Å². The Hall–Kier alpha value is -1.28. The monoisotopic (exact) mass is 246 g/mol. The third-order valence-electron chi connectivity index (χ3n) is 3.49. The lowest BCUT2D eigenvalue weighted by molar-refractivity contribution is 0.173. The molecule has 1 aromatic rings. The van der Waals surface area contributed by atoms with Crippen LogP contribution in [-0.4, -0.2) is 18.3 Å². The van der Waals surface area contributed by atoms with E-state index in [9.17, 15) is 5.11 Å². The zero-order valence-corrected chi connectivity index (χ0v) is 11.1. The van der Waals surface area contributed by atoms with Crippen LogP contribution in [0.2, 0.25) is 0 Å². The van der Waals surface area contributed by atoms with Gasteiger partial charge in [-0.2, -0.15) is 0 Å². The fourth-order valence-corrected chi connectivity index (χ4v) is 2.54. The fraction of sp³-hybridized carbons (Fsp3) is 0.500. The Bertz CT molecular complexity index is 409. The molecular formula is C16H22O2. The van der Waals surface area contributed by atoms with Crippen molar-refractivity contribution in [2.24, 2.45) is 0 Å². The Morgan fingerprint density at radius 1 is 1.28 bits per heavy atom. The van der Waals surface area contributed by atoms with E-state index in [1.165, 1.54) is 24.8 Å². The molecule has 0 heterocycles. The number of aliphatic hydroxyl groups excluding tert-OH is 1. The van der Waals surface area contributed by atoms with Gasteiger partial charge in [0.2, 0.25) is 0 Å². The summed E-state index contributed by atoms with van der Waals surface area (Å²) in [5, 5.41) is 10.1. The Kier molecular flexibility index (Phi) is 4.82. The summed E-state index contributed by atoms with van der Waals surface area (Å²) in [5.41, 5.74) is 2.56. The Balaban J connectivity index is 1.89. The van der Waals surface area contributed by atoms with Crippen LogP contribution >= 0.6 is 0 Å². The maximum atomic E-state index is 10.1. The van der Waals surface area contributed by atoms with Crippen molar-refractivity contribution < 1.29 is 9.84 Å². The highest BCUT2D eigenvalue weighted by Gasteiger charge is 2.11. The molecule has 2 rings (SSSR count). The summed E-state index contributed by atoms with van der Waals surface area (Å²) in [7, 11) is 1.67. The molecule has 1 unspecified atom stereocenters. The molecule has 2 nitrogen and oxygen atoms in total. The zero-order chi connectivity index (χ0) is 12.8. The van der Waals surface area contributed by atoms with Crippen LogP contribution in [0, 0.1) is 0 Å². The van der Waals surface area contributed by atoms with E-state index in [0.717, 1.165) is 24.2 Å². The molecule has 98 valence electrons. The van der Waals surface area contributed by atoms with Crippen LogP contribution in [0.25, 0.3) is 0 Å². The van der Waals surface area contributed by atoms with Crippen molar-refractivity contribution in [3.63, 3.8) is 0 Å². The topological polar surface area (TPSA) is 29.5 Å². The zero-order valence-electron chi connectivity index (χ0n) is 11.1. The summed E-state index contributed by atoms with van der Waals surface area (Å²) in [6.07, 6.45) is 8.47. The van der Waals surface area contributed by atoms with E-state index in [4.69, 9.17) is 4.74 Å². The number of ether oxygens (including phenoxy) is 1. The molecule has 0 aliphatic heterocycles. The van der Waals surface area contributed by atoms with Crippen LogP contribution < -0.4 is 4.74 Å². The van der Waals surface area contributed by atoms with Gasteiger partial charge in [-0.05, 0) is 56.2 Å². The predicted octanol–water partition coefficient (Wildman–Crippen LogP) is 3.49. The molecule has 0 radical (unpaired) electrons. The van der Waals surface area contributed by atoms with Gasteiger partial charge in [0.1, 0.15) is 5.75 Å². The van der Waals surface area contributed by atoms with Gasteiger partial charge in [0.05, 0.1) is 13.2 Å². The molecule has 0 saturated carbocycles. The van der Waals surface area contributed by atoms with Gasteiger partial charge >= 0.3 is 0 Å². The maximum Gasteiger partial charge on any atom is 0.119 e. The minimum atomic E-state index is -0.276. The van der Waals surface area contributed by atoms with Gasteiger partial charge in [-0.15, -0.1) is 0 Å². The molecule has 1 aliphatic carbocycles. The van der Waals surface area contributed by atoms with Crippen molar-refractivity contribution in [1.82, 2.24) is 0 Å². The standard InChI is InChI=1S/C16H22O2/c1-18-16-9-5-8-14(12-16)11-15(17)10-13-6-3-2-4-7-13/h5-6,8-9,12,15,17H,2-4,7,10-11H2,1H3. The Morgan fingerprint density at radius 2 is 2.17 bits per heavy atom. The number of aliphatic hydroxyl groups is 1. The van der Waals surface area contributed by atoms with Crippen LogP contribution in [0.15, 0.2) is 35.9 Å². The lowest BCUT2D eigenvalue weighted by Gasteiger charge is -2.17. The van der Waals surface area contributed by atoms with Gasteiger partial charge in [-0.25, -0.2) is 0 Å². The highest BCUT2D eigenvalue weighted by molar-refractivity contribution is 5.29. The first-order valence-corrected chi connectivity index (χ1v) is 6.77. The second-order valence-corrected chi connectivity index (χ2v) is 5.02. The van der Waals surface area contributed by atoms with Crippen LogP contribution in [0.1, 0.15) is 37.7 Å². The van der Waals surface area contributed by atoms with E-state index in [1.54, 1.807) is 7.11 Å². The number of hydrogen-bond donors (Lipinski definition) is 1.